The Hall–Kier alpha value is 0.320. The van der Waals surface area contributed by atoms with Crippen LogP contribution in [0.4, 0.5) is 26.3 Å². The van der Waals surface area contributed by atoms with E-state index >= 15 is 0 Å². The van der Waals surface area contributed by atoms with Gasteiger partial charge in [0.2, 0.25) is 0 Å². The second kappa shape index (κ2) is 3.59. The van der Waals surface area contributed by atoms with Gasteiger partial charge in [0, 0.05) is 0 Å². The van der Waals surface area contributed by atoms with Crippen LogP contribution in [0.1, 0.15) is 0 Å². The molecule has 0 saturated heterocycles. The van der Waals surface area contributed by atoms with E-state index in [1.54, 1.807) is 0 Å². The fourth-order valence-electron chi connectivity index (χ4n) is 0.351. The zero-order valence-corrected chi connectivity index (χ0v) is 7.56. The molecular weight excluding hydrogens is 245 g/mol. The topological polar surface area (TPSA) is 0 Å². The van der Waals surface area contributed by atoms with Crippen molar-refractivity contribution in [1.82, 2.24) is 0 Å². The predicted molar refractivity (Wildman–Crippen MR) is 39.0 cm³/mol. The molecule has 0 aromatic rings. The van der Waals surface area contributed by atoms with Gasteiger partial charge in [0.25, 0.3) is 0 Å². The fourth-order valence-corrected chi connectivity index (χ4v) is 2.29. The van der Waals surface area contributed by atoms with Crippen LogP contribution in [-0.2, 0) is 12.6 Å². The van der Waals surface area contributed by atoms with E-state index in [9.17, 15) is 26.3 Å². The maximum atomic E-state index is 11.6. The monoisotopic (exact) mass is 245 g/mol. The van der Waals surface area contributed by atoms with Gasteiger partial charge in [0.15, 0.2) is 0 Å². The van der Waals surface area contributed by atoms with Crippen LogP contribution in [0.3, 0.4) is 0 Å². The predicted octanol–water partition coefficient (Wildman–Crippen LogP) is 3.34. The van der Waals surface area contributed by atoms with E-state index in [4.69, 9.17) is 0 Å². The van der Waals surface area contributed by atoms with Crippen LogP contribution in [0, 0.1) is 0 Å². The molecule has 0 heterocycles. The Kier molecular flexibility index (Phi) is 3.69. The minimum absolute atomic E-state index is 1.47. The highest BCUT2D eigenvalue weighted by Gasteiger charge is 2.55. The molecule has 0 amide bonds. The average molecular weight is 245 g/mol. The molecule has 0 atom stereocenters. The summed E-state index contributed by atoms with van der Waals surface area (Å²) >= 11 is 7.43. The molecule has 0 bridgehead atoms. The van der Waals surface area contributed by atoms with Gasteiger partial charge in [-0.05, 0) is 0 Å². The number of halogens is 6. The third-order valence-electron chi connectivity index (χ3n) is 0.690. The Morgan fingerprint density at radius 3 is 1.25 bits per heavy atom. The maximum Gasteiger partial charge on any atom is 0.416 e. The summed E-state index contributed by atoms with van der Waals surface area (Å²) in [6.07, 6.45) is 0. The average Bonchev–Trinajstić information content (AvgIpc) is 1.49. The lowest BCUT2D eigenvalue weighted by Gasteiger charge is -2.25. The van der Waals surface area contributed by atoms with Crippen molar-refractivity contribution in [2.24, 2.45) is 0 Å². The molecule has 0 aliphatic carbocycles. The molecule has 12 heavy (non-hydrogen) atoms. The first-order chi connectivity index (χ1) is 5.07. The molecule has 0 saturated carbocycles. The van der Waals surface area contributed by atoms with E-state index in [1.165, 1.54) is 0 Å². The molecule has 0 aromatic heterocycles. The Balaban J connectivity index is 4.82. The third-order valence-corrected chi connectivity index (χ3v) is 3.16. The number of hydrogen-bond donors (Lipinski definition) is 0. The van der Waals surface area contributed by atoms with E-state index in [0.29, 0.717) is 0 Å². The number of hydrogen-bond acceptors (Lipinski definition) is 2. The van der Waals surface area contributed by atoms with Crippen LogP contribution in [-0.4, -0.2) is 15.8 Å². The van der Waals surface area contributed by atoms with Crippen molar-refractivity contribution in [3.8, 4) is 0 Å². The summed E-state index contributed by atoms with van der Waals surface area (Å²) in [4.78, 5) is 0. The van der Waals surface area contributed by atoms with Crippen LogP contribution in [0.15, 0.2) is 0 Å². The van der Waals surface area contributed by atoms with Crippen LogP contribution in [0.2, 0.25) is 0 Å². The second-order valence-electron chi connectivity index (χ2n) is 1.54. The van der Waals surface area contributed by atoms with Gasteiger partial charge in [0.05, 0.1) is 0 Å². The van der Waals surface area contributed by atoms with E-state index in [2.05, 4.69) is 24.8 Å². The van der Waals surface area contributed by atoms with Gasteiger partial charge in [-0.3, -0.25) is 0 Å². The van der Waals surface area contributed by atoms with E-state index < -0.39 is 23.7 Å². The van der Waals surface area contributed by atoms with Crippen LogP contribution in [0.25, 0.3) is 0 Å². The van der Waals surface area contributed by atoms with Crippen molar-refractivity contribution in [2.75, 3.05) is 0 Å². The Morgan fingerprint density at radius 2 is 1.25 bits per heavy atom. The van der Waals surface area contributed by atoms with Crippen molar-refractivity contribution in [3.63, 3.8) is 0 Å². The summed E-state index contributed by atoms with van der Waals surface area (Å²) in [6, 6.07) is 0. The maximum absolute atomic E-state index is 11.6. The highest BCUT2D eigenvalue weighted by molar-refractivity contribution is 8.19. The third kappa shape index (κ3) is 3.37. The first kappa shape index (κ1) is 12.3. The zero-order chi connectivity index (χ0) is 10.2. The molecule has 0 spiro atoms. The summed E-state index contributed by atoms with van der Waals surface area (Å²) in [7, 11) is -4.36. The molecule has 0 radical (unpaired) electrons. The lowest BCUT2D eigenvalue weighted by molar-refractivity contribution is -0.0802. The molecule has 9 heteroatoms. The molecular formula is C3F6PS2-. The Labute approximate surface area is 75.5 Å². The number of alkyl halides is 6. The first-order valence-electron chi connectivity index (χ1n) is 2.21. The fraction of sp³-hybridized carbons (Fsp3) is 0.667. The molecule has 72 valence electrons. The molecule has 0 rings (SSSR count). The first-order valence-corrected chi connectivity index (χ1v) is 4.37. The molecule has 0 N–H and O–H groups in total. The van der Waals surface area contributed by atoms with Crippen molar-refractivity contribution >= 4 is 36.7 Å². The molecule has 0 unspecified atom stereocenters. The van der Waals surface area contributed by atoms with Crippen molar-refractivity contribution in [1.29, 1.82) is 0 Å². The van der Waals surface area contributed by atoms with E-state index in [-0.39, 0.29) is 0 Å². The van der Waals surface area contributed by atoms with Crippen molar-refractivity contribution in [3.05, 3.63) is 0 Å². The summed E-state index contributed by atoms with van der Waals surface area (Å²) in [5.74, 6) is -10.8. The lowest BCUT2D eigenvalue weighted by atomic mass is 11.5. The van der Waals surface area contributed by atoms with Crippen molar-refractivity contribution in [2.45, 2.75) is 11.8 Å². The Morgan fingerprint density at radius 1 is 1.00 bits per heavy atom. The minimum atomic E-state index is -5.38. The molecule has 0 nitrogen and oxygen atoms in total. The molecule has 0 aliphatic rings. The lowest BCUT2D eigenvalue weighted by Crippen LogP contribution is -2.21. The number of rotatable bonds is 1. The Bertz CT molecular complexity index is 168. The molecule has 0 aromatic carbocycles. The zero-order valence-electron chi connectivity index (χ0n) is 5.03. The largest absolute Gasteiger partial charge is 0.428 e. The second-order valence-corrected chi connectivity index (χ2v) is 5.35. The van der Waals surface area contributed by atoms with Gasteiger partial charge in [-0.1, -0.05) is 0 Å². The van der Waals surface area contributed by atoms with E-state index in [1.807, 2.05) is 0 Å². The summed E-state index contributed by atoms with van der Waals surface area (Å²) in [6.45, 7) is 0. The summed E-state index contributed by atoms with van der Waals surface area (Å²) < 4.78 is 68.3. The highest BCUT2D eigenvalue weighted by atomic mass is 32.1. The quantitative estimate of drug-likeness (QED) is 0.301. The van der Waals surface area contributed by atoms with Gasteiger partial charge < -0.3 is 24.8 Å². The van der Waals surface area contributed by atoms with Crippen LogP contribution < -0.4 is 0 Å². The summed E-state index contributed by atoms with van der Waals surface area (Å²) in [5, 5.41) is 0. The minimum Gasteiger partial charge on any atom is -0.428 e. The van der Waals surface area contributed by atoms with Gasteiger partial charge in [-0.15, -0.1) is 3.94 Å². The molecule has 0 fully saturated rings. The standard InChI is InChI=1S/C3HF6PS2/c4-2(5,6)10(1(11)12)3(7,8)9/h(H,11,12)/p-1. The molecule has 0 aliphatic heterocycles. The van der Waals surface area contributed by atoms with Crippen molar-refractivity contribution < 1.29 is 26.3 Å². The van der Waals surface area contributed by atoms with Gasteiger partial charge >= 0.3 is 11.8 Å². The van der Waals surface area contributed by atoms with Crippen LogP contribution in [0.5, 0.6) is 0 Å². The van der Waals surface area contributed by atoms with Gasteiger partial charge in [0.1, 0.15) is 7.92 Å². The van der Waals surface area contributed by atoms with Gasteiger partial charge in [-0.2, -0.15) is 26.3 Å². The normalized spacial score (nSPS) is 13.6. The number of thiocarbonyl (C=S) groups is 1. The highest BCUT2D eigenvalue weighted by Crippen LogP contribution is 2.64. The van der Waals surface area contributed by atoms with Crippen LogP contribution >= 0.6 is 20.1 Å². The van der Waals surface area contributed by atoms with Gasteiger partial charge in [-0.25, -0.2) is 0 Å². The SMILES string of the molecule is FC(F)(F)P(C(=S)[S-])C(F)(F)F. The smallest absolute Gasteiger partial charge is 0.416 e. The summed E-state index contributed by atoms with van der Waals surface area (Å²) in [5.41, 5.74) is 0. The van der Waals surface area contributed by atoms with E-state index in [0.717, 1.165) is 0 Å².